The minimum atomic E-state index is -4.37. The zero-order valence-electron chi connectivity index (χ0n) is 9.77. The molecule has 1 aromatic rings. The molecule has 0 aromatic heterocycles. The molecule has 0 radical (unpaired) electrons. The number of anilines is 2. The second-order valence-corrected chi connectivity index (χ2v) is 3.94. The topological polar surface area (TPSA) is 38.0 Å². The van der Waals surface area contributed by atoms with Gasteiger partial charge in [-0.05, 0) is 24.6 Å². The van der Waals surface area contributed by atoms with Crippen molar-refractivity contribution in [2.75, 3.05) is 17.6 Å². The molecule has 0 aliphatic carbocycles. The number of rotatable bonds is 5. The number of hydrogen-bond donors (Lipinski definition) is 2. The van der Waals surface area contributed by atoms with Crippen LogP contribution in [0.5, 0.6) is 0 Å². The van der Waals surface area contributed by atoms with Crippen molar-refractivity contribution < 1.29 is 13.2 Å². The second-order valence-electron chi connectivity index (χ2n) is 3.94. The Labute approximate surface area is 99.0 Å². The van der Waals surface area contributed by atoms with Crippen LogP contribution in [0.1, 0.15) is 31.7 Å². The molecule has 0 aliphatic rings. The summed E-state index contributed by atoms with van der Waals surface area (Å²) in [4.78, 5) is 0. The monoisotopic (exact) mass is 246 g/mol. The molecule has 0 fully saturated rings. The Balaban J connectivity index is 2.77. The summed E-state index contributed by atoms with van der Waals surface area (Å²) in [6, 6.07) is 3.81. The molecule has 0 heterocycles. The van der Waals surface area contributed by atoms with Crippen LogP contribution in [0.15, 0.2) is 18.2 Å². The first-order chi connectivity index (χ1) is 7.95. The van der Waals surface area contributed by atoms with Gasteiger partial charge in [0.15, 0.2) is 0 Å². The Morgan fingerprint density at radius 1 is 1.24 bits per heavy atom. The summed E-state index contributed by atoms with van der Waals surface area (Å²) < 4.78 is 38.1. The molecule has 96 valence electrons. The van der Waals surface area contributed by atoms with Gasteiger partial charge in [-0.15, -0.1) is 0 Å². The van der Waals surface area contributed by atoms with Crippen molar-refractivity contribution in [3.8, 4) is 0 Å². The summed E-state index contributed by atoms with van der Waals surface area (Å²) in [5.41, 5.74) is 4.89. The van der Waals surface area contributed by atoms with E-state index < -0.39 is 11.7 Å². The third kappa shape index (κ3) is 4.17. The van der Waals surface area contributed by atoms with Gasteiger partial charge in [-0.3, -0.25) is 0 Å². The van der Waals surface area contributed by atoms with Crippen LogP contribution in [0.25, 0.3) is 0 Å². The summed E-state index contributed by atoms with van der Waals surface area (Å²) in [6.07, 6.45) is -1.47. The van der Waals surface area contributed by atoms with Crippen LogP contribution in [-0.4, -0.2) is 6.54 Å². The second kappa shape index (κ2) is 5.80. The number of nitrogens with two attached hydrogens (primary N) is 1. The van der Waals surface area contributed by atoms with E-state index in [2.05, 4.69) is 5.32 Å². The van der Waals surface area contributed by atoms with Crippen LogP contribution in [0, 0.1) is 0 Å². The van der Waals surface area contributed by atoms with Crippen LogP contribution in [-0.2, 0) is 6.18 Å². The van der Waals surface area contributed by atoms with Crippen molar-refractivity contribution in [3.05, 3.63) is 23.8 Å². The molecule has 0 unspecified atom stereocenters. The van der Waals surface area contributed by atoms with E-state index in [1.807, 2.05) is 6.92 Å². The van der Waals surface area contributed by atoms with Crippen LogP contribution in [0.4, 0.5) is 24.5 Å². The van der Waals surface area contributed by atoms with Crippen molar-refractivity contribution in [2.45, 2.75) is 32.4 Å². The highest BCUT2D eigenvalue weighted by Crippen LogP contribution is 2.35. The molecule has 1 rings (SSSR count). The number of nitrogen functional groups attached to an aromatic ring is 1. The third-order valence-corrected chi connectivity index (χ3v) is 2.44. The summed E-state index contributed by atoms with van der Waals surface area (Å²) in [6.45, 7) is 2.59. The molecule has 0 spiro atoms. The molecule has 0 amide bonds. The average molecular weight is 246 g/mol. The molecule has 0 saturated carbocycles. The first-order valence-electron chi connectivity index (χ1n) is 5.65. The molecular formula is C12H17F3N2. The van der Waals surface area contributed by atoms with Gasteiger partial charge >= 0.3 is 6.18 Å². The largest absolute Gasteiger partial charge is 0.418 e. The van der Waals surface area contributed by atoms with E-state index in [4.69, 9.17) is 5.73 Å². The fraction of sp³-hybridized carbons (Fsp3) is 0.500. The van der Waals surface area contributed by atoms with E-state index in [9.17, 15) is 13.2 Å². The number of alkyl halides is 3. The number of nitrogens with one attached hydrogen (secondary N) is 1. The zero-order chi connectivity index (χ0) is 12.9. The number of unbranched alkanes of at least 4 members (excludes halogenated alkanes) is 2. The molecule has 1 aromatic carbocycles. The van der Waals surface area contributed by atoms with Crippen LogP contribution < -0.4 is 11.1 Å². The molecular weight excluding hydrogens is 229 g/mol. The molecule has 0 atom stereocenters. The van der Waals surface area contributed by atoms with E-state index in [1.54, 1.807) is 0 Å². The van der Waals surface area contributed by atoms with Gasteiger partial charge in [0.25, 0.3) is 0 Å². The van der Waals surface area contributed by atoms with Gasteiger partial charge < -0.3 is 11.1 Å². The fourth-order valence-corrected chi connectivity index (χ4v) is 1.55. The maximum atomic E-state index is 12.7. The first-order valence-corrected chi connectivity index (χ1v) is 5.65. The van der Waals surface area contributed by atoms with E-state index >= 15 is 0 Å². The normalized spacial score (nSPS) is 11.5. The Morgan fingerprint density at radius 3 is 2.53 bits per heavy atom. The van der Waals surface area contributed by atoms with Crippen LogP contribution >= 0.6 is 0 Å². The number of hydrogen-bond acceptors (Lipinski definition) is 2. The van der Waals surface area contributed by atoms with Gasteiger partial charge in [0.1, 0.15) is 0 Å². The summed E-state index contributed by atoms with van der Waals surface area (Å²) in [7, 11) is 0. The molecule has 2 nitrogen and oxygen atoms in total. The fourth-order valence-electron chi connectivity index (χ4n) is 1.55. The van der Waals surface area contributed by atoms with Gasteiger partial charge in [-0.25, -0.2) is 0 Å². The highest BCUT2D eigenvalue weighted by molar-refractivity contribution is 5.59. The maximum Gasteiger partial charge on any atom is 0.418 e. The van der Waals surface area contributed by atoms with Gasteiger partial charge in [-0.2, -0.15) is 13.2 Å². The highest BCUT2D eigenvalue weighted by atomic mass is 19.4. The Kier molecular flexibility index (Phi) is 4.66. The molecule has 0 aliphatic heterocycles. The van der Waals surface area contributed by atoms with Crippen molar-refractivity contribution in [2.24, 2.45) is 0 Å². The molecule has 3 N–H and O–H groups in total. The summed E-state index contributed by atoms with van der Waals surface area (Å²) in [5, 5.41) is 2.81. The van der Waals surface area contributed by atoms with Gasteiger partial charge in [0.05, 0.1) is 5.56 Å². The smallest absolute Gasteiger partial charge is 0.399 e. The standard InChI is InChI=1S/C12H17F3N2/c1-2-3-4-7-17-11-6-5-9(16)8-10(11)12(13,14)15/h5-6,8,17H,2-4,7,16H2,1H3. The average Bonchev–Trinajstić information content (AvgIpc) is 2.25. The predicted molar refractivity (Wildman–Crippen MR) is 63.9 cm³/mol. The van der Waals surface area contributed by atoms with E-state index in [0.29, 0.717) is 6.54 Å². The quantitative estimate of drug-likeness (QED) is 0.611. The molecule has 5 heteroatoms. The van der Waals surface area contributed by atoms with Gasteiger partial charge in [0, 0.05) is 17.9 Å². The first kappa shape index (κ1) is 13.7. The van der Waals surface area contributed by atoms with Crippen molar-refractivity contribution in [1.29, 1.82) is 0 Å². The predicted octanol–water partition coefficient (Wildman–Crippen LogP) is 3.89. The van der Waals surface area contributed by atoms with E-state index in [-0.39, 0.29) is 11.4 Å². The van der Waals surface area contributed by atoms with Crippen LogP contribution in [0.2, 0.25) is 0 Å². The Hall–Kier alpha value is -1.39. The highest BCUT2D eigenvalue weighted by Gasteiger charge is 2.33. The SMILES string of the molecule is CCCCCNc1ccc(N)cc1C(F)(F)F. The van der Waals surface area contributed by atoms with Crippen molar-refractivity contribution in [3.63, 3.8) is 0 Å². The number of halogens is 3. The summed E-state index contributed by atoms with van der Waals surface area (Å²) in [5.74, 6) is 0. The van der Waals surface area contributed by atoms with Crippen molar-refractivity contribution in [1.82, 2.24) is 0 Å². The lowest BCUT2D eigenvalue weighted by Gasteiger charge is -2.15. The van der Waals surface area contributed by atoms with Gasteiger partial charge in [-0.1, -0.05) is 19.8 Å². The Morgan fingerprint density at radius 2 is 1.94 bits per heavy atom. The summed E-state index contributed by atoms with van der Waals surface area (Å²) >= 11 is 0. The lowest BCUT2D eigenvalue weighted by molar-refractivity contribution is -0.136. The van der Waals surface area contributed by atoms with E-state index in [1.165, 1.54) is 12.1 Å². The zero-order valence-corrected chi connectivity index (χ0v) is 9.77. The molecule has 17 heavy (non-hydrogen) atoms. The number of benzene rings is 1. The minimum absolute atomic E-state index is 0.0998. The minimum Gasteiger partial charge on any atom is -0.399 e. The van der Waals surface area contributed by atoms with E-state index in [0.717, 1.165) is 25.3 Å². The molecule has 0 saturated heterocycles. The van der Waals surface area contributed by atoms with Gasteiger partial charge in [0.2, 0.25) is 0 Å². The van der Waals surface area contributed by atoms with Crippen molar-refractivity contribution >= 4 is 11.4 Å². The van der Waals surface area contributed by atoms with Crippen LogP contribution in [0.3, 0.4) is 0 Å². The lowest BCUT2D eigenvalue weighted by Crippen LogP contribution is -2.12. The maximum absolute atomic E-state index is 12.7. The Bertz CT molecular complexity index is 361. The third-order valence-electron chi connectivity index (χ3n) is 2.44. The lowest BCUT2D eigenvalue weighted by atomic mass is 10.1. The molecule has 0 bridgehead atoms.